The predicted octanol–water partition coefficient (Wildman–Crippen LogP) is 2.75. The molecule has 0 saturated carbocycles. The summed E-state index contributed by atoms with van der Waals surface area (Å²) in [7, 11) is 0. The molecule has 0 fully saturated rings. The lowest BCUT2D eigenvalue weighted by Gasteiger charge is -2.10. The summed E-state index contributed by atoms with van der Waals surface area (Å²) in [5.41, 5.74) is -0.477. The Morgan fingerprint density at radius 3 is 2.32 bits per heavy atom. The third kappa shape index (κ3) is 4.82. The molecule has 178 valence electrons. The van der Waals surface area contributed by atoms with E-state index in [0.717, 1.165) is 16.3 Å². The van der Waals surface area contributed by atoms with Crippen molar-refractivity contribution in [1.29, 1.82) is 0 Å². The zero-order valence-electron chi connectivity index (χ0n) is 19.0. The second-order valence-corrected chi connectivity index (χ2v) is 7.10. The number of nitrogens with zero attached hydrogens (tertiary/aromatic N) is 2. The van der Waals surface area contributed by atoms with Gasteiger partial charge in [-0.1, -0.05) is 12.1 Å². The van der Waals surface area contributed by atoms with E-state index in [1.54, 1.807) is 32.0 Å². The number of amides is 1. The molecule has 2 heterocycles. The SMILES string of the molecule is CCOC(=O)c1c(C)oc(NC(=O)c2nn(-c3cccc(C)c3)c(=O)cc2O)c1C(=O)OCC. The number of aromatic hydroxyl groups is 1. The van der Waals surface area contributed by atoms with Crippen molar-refractivity contribution in [3.63, 3.8) is 0 Å². The van der Waals surface area contributed by atoms with Gasteiger partial charge in [-0.2, -0.15) is 9.78 Å². The van der Waals surface area contributed by atoms with E-state index in [4.69, 9.17) is 13.9 Å². The Kier molecular flexibility index (Phi) is 7.15. The van der Waals surface area contributed by atoms with E-state index < -0.39 is 40.7 Å². The molecule has 0 bridgehead atoms. The van der Waals surface area contributed by atoms with Crippen LogP contribution < -0.4 is 10.9 Å². The Hall–Kier alpha value is -4.41. The van der Waals surface area contributed by atoms with E-state index >= 15 is 0 Å². The Bertz CT molecular complexity index is 1320. The van der Waals surface area contributed by atoms with Crippen LogP contribution in [0.1, 0.15) is 56.4 Å². The normalized spacial score (nSPS) is 10.6. The molecule has 2 N–H and O–H groups in total. The highest BCUT2D eigenvalue weighted by Crippen LogP contribution is 2.29. The zero-order chi connectivity index (χ0) is 25.0. The summed E-state index contributed by atoms with van der Waals surface area (Å²) in [4.78, 5) is 50.3. The van der Waals surface area contributed by atoms with Crippen molar-refractivity contribution in [3.8, 4) is 11.4 Å². The van der Waals surface area contributed by atoms with Crippen LogP contribution in [0.4, 0.5) is 5.88 Å². The molecule has 1 aromatic carbocycles. The predicted molar refractivity (Wildman–Crippen MR) is 120 cm³/mol. The number of carbonyl (C=O) groups is 3. The molecule has 0 spiro atoms. The molecule has 3 aromatic rings. The number of carbonyl (C=O) groups excluding carboxylic acids is 3. The molecular weight excluding hydrogens is 446 g/mol. The molecule has 0 saturated heterocycles. The summed E-state index contributed by atoms with van der Waals surface area (Å²) in [5.74, 6) is -3.80. The summed E-state index contributed by atoms with van der Waals surface area (Å²) in [6.07, 6.45) is 0. The molecule has 34 heavy (non-hydrogen) atoms. The Balaban J connectivity index is 2.05. The number of benzene rings is 1. The molecule has 0 radical (unpaired) electrons. The quantitative estimate of drug-likeness (QED) is 0.498. The largest absolute Gasteiger partial charge is 0.505 e. The van der Waals surface area contributed by atoms with Crippen molar-refractivity contribution in [3.05, 3.63) is 68.8 Å². The Morgan fingerprint density at radius 2 is 1.71 bits per heavy atom. The van der Waals surface area contributed by atoms with Crippen molar-refractivity contribution in [1.82, 2.24) is 9.78 Å². The summed E-state index contributed by atoms with van der Waals surface area (Å²) in [5, 5.41) is 16.5. The summed E-state index contributed by atoms with van der Waals surface area (Å²) < 4.78 is 16.4. The van der Waals surface area contributed by atoms with Crippen molar-refractivity contribution >= 4 is 23.7 Å². The number of nitrogens with one attached hydrogen (secondary N) is 1. The van der Waals surface area contributed by atoms with E-state index in [9.17, 15) is 24.3 Å². The highest BCUT2D eigenvalue weighted by molar-refractivity contribution is 6.11. The van der Waals surface area contributed by atoms with Crippen molar-refractivity contribution in [2.75, 3.05) is 18.5 Å². The number of furan rings is 1. The van der Waals surface area contributed by atoms with Gasteiger partial charge in [0.05, 0.1) is 18.9 Å². The van der Waals surface area contributed by atoms with Crippen molar-refractivity contribution in [2.45, 2.75) is 27.7 Å². The van der Waals surface area contributed by atoms with Gasteiger partial charge >= 0.3 is 11.9 Å². The standard InChI is InChI=1S/C23H23N3O8/c1-5-32-22(30)17-13(4)34-21(18(17)23(31)33-6-2)24-20(29)19-15(27)11-16(28)26(25-19)14-9-7-8-12(3)10-14/h7-11,27H,5-6H2,1-4H3,(H,24,29). The fourth-order valence-electron chi connectivity index (χ4n) is 3.20. The highest BCUT2D eigenvalue weighted by Gasteiger charge is 2.32. The molecule has 11 nitrogen and oxygen atoms in total. The first-order chi connectivity index (χ1) is 16.2. The molecule has 11 heteroatoms. The van der Waals surface area contributed by atoms with E-state index in [1.165, 1.54) is 6.92 Å². The monoisotopic (exact) mass is 469 g/mol. The number of hydrogen-bond acceptors (Lipinski definition) is 9. The van der Waals surface area contributed by atoms with E-state index in [0.29, 0.717) is 5.69 Å². The van der Waals surface area contributed by atoms with Gasteiger partial charge in [-0.05, 0) is 45.4 Å². The number of esters is 2. The van der Waals surface area contributed by atoms with Gasteiger partial charge in [0.25, 0.3) is 11.5 Å². The molecule has 0 atom stereocenters. The van der Waals surface area contributed by atoms with Gasteiger partial charge in [-0.3, -0.25) is 14.9 Å². The number of anilines is 1. The topological polar surface area (TPSA) is 150 Å². The number of rotatable bonds is 7. The van der Waals surface area contributed by atoms with Gasteiger partial charge in [0, 0.05) is 6.07 Å². The van der Waals surface area contributed by atoms with Crippen LogP contribution >= 0.6 is 0 Å². The minimum Gasteiger partial charge on any atom is -0.505 e. The summed E-state index contributed by atoms with van der Waals surface area (Å²) in [6.45, 7) is 6.45. The highest BCUT2D eigenvalue weighted by atomic mass is 16.5. The maximum atomic E-state index is 13.0. The fraction of sp³-hybridized carbons (Fsp3) is 0.261. The zero-order valence-corrected chi connectivity index (χ0v) is 19.0. The molecular formula is C23H23N3O8. The minimum absolute atomic E-state index is 0.00249. The maximum absolute atomic E-state index is 13.0. The van der Waals surface area contributed by atoms with Crippen LogP contribution in [-0.4, -0.2) is 45.9 Å². The molecule has 0 aliphatic carbocycles. The molecule has 1 amide bonds. The first-order valence-corrected chi connectivity index (χ1v) is 10.4. The van der Waals surface area contributed by atoms with E-state index in [2.05, 4.69) is 10.4 Å². The van der Waals surface area contributed by atoms with Crippen LogP contribution in [0.5, 0.6) is 5.75 Å². The number of hydrogen-bond donors (Lipinski definition) is 2. The maximum Gasteiger partial charge on any atom is 0.344 e. The number of aromatic nitrogens is 2. The Morgan fingerprint density at radius 1 is 1.06 bits per heavy atom. The van der Waals surface area contributed by atoms with Crippen LogP contribution in [0.2, 0.25) is 0 Å². The van der Waals surface area contributed by atoms with Gasteiger partial charge in [-0.15, -0.1) is 0 Å². The average molecular weight is 469 g/mol. The third-order valence-corrected chi connectivity index (χ3v) is 4.64. The van der Waals surface area contributed by atoms with E-state index in [-0.39, 0.29) is 30.1 Å². The first-order valence-electron chi connectivity index (χ1n) is 10.4. The van der Waals surface area contributed by atoms with Gasteiger partial charge in [0.2, 0.25) is 5.88 Å². The lowest BCUT2D eigenvalue weighted by Crippen LogP contribution is -2.25. The lowest BCUT2D eigenvalue weighted by atomic mass is 10.1. The number of ether oxygens (including phenoxy) is 2. The molecule has 0 unspecified atom stereocenters. The smallest absolute Gasteiger partial charge is 0.344 e. The summed E-state index contributed by atoms with van der Waals surface area (Å²) in [6, 6.07) is 7.65. The van der Waals surface area contributed by atoms with Gasteiger partial charge in [0.15, 0.2) is 11.4 Å². The van der Waals surface area contributed by atoms with Crippen LogP contribution in [0.3, 0.4) is 0 Å². The molecule has 0 aliphatic rings. The van der Waals surface area contributed by atoms with Crippen molar-refractivity contribution in [2.24, 2.45) is 0 Å². The second kappa shape index (κ2) is 10.0. The minimum atomic E-state index is -0.992. The molecule has 2 aromatic heterocycles. The van der Waals surface area contributed by atoms with Crippen LogP contribution in [0.15, 0.2) is 39.5 Å². The van der Waals surface area contributed by atoms with Gasteiger partial charge in [0.1, 0.15) is 16.9 Å². The molecule has 0 aliphatic heterocycles. The van der Waals surface area contributed by atoms with E-state index in [1.807, 2.05) is 13.0 Å². The number of aryl methyl sites for hydroxylation is 2. The second-order valence-electron chi connectivity index (χ2n) is 7.10. The van der Waals surface area contributed by atoms with Crippen LogP contribution in [0.25, 0.3) is 5.69 Å². The average Bonchev–Trinajstić information content (AvgIpc) is 3.09. The van der Waals surface area contributed by atoms with Crippen molar-refractivity contribution < 1.29 is 33.4 Å². The van der Waals surface area contributed by atoms with Gasteiger partial charge in [-0.25, -0.2) is 9.59 Å². The lowest BCUT2D eigenvalue weighted by molar-refractivity contribution is 0.0480. The first kappa shape index (κ1) is 24.2. The third-order valence-electron chi connectivity index (χ3n) is 4.64. The Labute approximate surface area is 193 Å². The van der Waals surface area contributed by atoms with Crippen LogP contribution in [0, 0.1) is 13.8 Å². The fourth-order valence-corrected chi connectivity index (χ4v) is 3.20. The summed E-state index contributed by atoms with van der Waals surface area (Å²) >= 11 is 0. The van der Waals surface area contributed by atoms with Crippen LogP contribution in [-0.2, 0) is 9.47 Å². The molecule has 3 rings (SSSR count). The van der Waals surface area contributed by atoms with Gasteiger partial charge < -0.3 is 19.0 Å².